The summed E-state index contributed by atoms with van der Waals surface area (Å²) < 4.78 is 0. The Morgan fingerprint density at radius 3 is 2.15 bits per heavy atom. The number of rotatable bonds is 17. The molecule has 0 fully saturated rings. The van der Waals surface area contributed by atoms with Crippen LogP contribution in [-0.2, 0) is 17.9 Å². The summed E-state index contributed by atoms with van der Waals surface area (Å²) in [5.74, 6) is 0.718. The van der Waals surface area contributed by atoms with E-state index < -0.39 is 6.04 Å². The highest BCUT2D eigenvalue weighted by Gasteiger charge is 2.24. The molecule has 244 valence electrons. The van der Waals surface area contributed by atoms with Crippen molar-refractivity contribution < 1.29 is 9.59 Å². The van der Waals surface area contributed by atoms with Crippen LogP contribution in [0.3, 0.4) is 0 Å². The fourth-order valence-corrected chi connectivity index (χ4v) is 5.95. The van der Waals surface area contributed by atoms with Gasteiger partial charge in [0.25, 0.3) is 5.91 Å². The molecule has 1 heterocycles. The molecule has 2 amide bonds. The number of nitrogens with one attached hydrogen (secondary N) is 3. The third-order valence-corrected chi connectivity index (χ3v) is 8.06. The van der Waals surface area contributed by atoms with Crippen LogP contribution in [0.4, 0.5) is 0 Å². The van der Waals surface area contributed by atoms with Gasteiger partial charge in [0.1, 0.15) is 6.04 Å². The van der Waals surface area contributed by atoms with Crippen LogP contribution in [0.5, 0.6) is 0 Å². The maximum atomic E-state index is 13.8. The summed E-state index contributed by atoms with van der Waals surface area (Å²) in [6.45, 7) is 15.2. The molecule has 0 radical (unpaired) electrons. The van der Waals surface area contributed by atoms with Crippen molar-refractivity contribution in [2.75, 3.05) is 19.6 Å². The Bertz CT molecular complexity index is 1510. The van der Waals surface area contributed by atoms with E-state index >= 15 is 0 Å². The Hall–Kier alpha value is -4.07. The maximum absolute atomic E-state index is 13.8. The first kappa shape index (κ1) is 34.8. The Kier molecular flexibility index (Phi) is 13.3. The molecule has 4 rings (SSSR count). The van der Waals surface area contributed by atoms with Gasteiger partial charge in [-0.15, -0.1) is 0 Å². The van der Waals surface area contributed by atoms with Gasteiger partial charge in [-0.25, -0.2) is 0 Å². The molecule has 0 aliphatic heterocycles. The van der Waals surface area contributed by atoms with Crippen LogP contribution in [0.2, 0.25) is 0 Å². The van der Waals surface area contributed by atoms with E-state index in [1.54, 1.807) is 6.20 Å². The average Bonchev–Trinajstić information content (AvgIpc) is 3.04. The molecule has 0 aliphatic rings. The van der Waals surface area contributed by atoms with Crippen molar-refractivity contribution in [3.05, 3.63) is 114 Å². The molecule has 0 aliphatic carbocycles. The van der Waals surface area contributed by atoms with Crippen molar-refractivity contribution in [3.8, 4) is 0 Å². The highest BCUT2D eigenvalue weighted by molar-refractivity contribution is 5.97. The second-order valence-electron chi connectivity index (χ2n) is 13.1. The Morgan fingerprint density at radius 1 is 0.761 bits per heavy atom. The molecule has 46 heavy (non-hydrogen) atoms. The highest BCUT2D eigenvalue weighted by atomic mass is 16.2. The van der Waals surface area contributed by atoms with Crippen LogP contribution < -0.4 is 16.0 Å². The summed E-state index contributed by atoms with van der Waals surface area (Å²) in [7, 11) is 0. The van der Waals surface area contributed by atoms with Crippen molar-refractivity contribution >= 4 is 22.6 Å². The van der Waals surface area contributed by atoms with Gasteiger partial charge in [-0.2, -0.15) is 0 Å². The van der Waals surface area contributed by atoms with E-state index in [-0.39, 0.29) is 17.9 Å². The lowest BCUT2D eigenvalue weighted by Crippen LogP contribution is -2.47. The summed E-state index contributed by atoms with van der Waals surface area (Å²) in [6.07, 6.45) is 3.15. The summed E-state index contributed by atoms with van der Waals surface area (Å²) in [5.41, 5.74) is 3.65. The zero-order valence-corrected chi connectivity index (χ0v) is 28.1. The summed E-state index contributed by atoms with van der Waals surface area (Å²) >= 11 is 0. The number of hydrogen-bond donors (Lipinski definition) is 3. The molecule has 2 atom stereocenters. The molecule has 0 saturated carbocycles. The van der Waals surface area contributed by atoms with Crippen molar-refractivity contribution in [3.63, 3.8) is 0 Å². The van der Waals surface area contributed by atoms with Gasteiger partial charge in [0.2, 0.25) is 5.91 Å². The van der Waals surface area contributed by atoms with Crippen LogP contribution >= 0.6 is 0 Å². The van der Waals surface area contributed by atoms with Crippen LogP contribution in [0.1, 0.15) is 80.7 Å². The number of benzene rings is 3. The molecule has 0 bridgehead atoms. The SMILES string of the molecule is CC(C)CN(CCC[C@H](NC(=O)c1ccc(CNCc2ccccn2)cc1)C(=O)NC(C)c1cccc2ccccc12)CC(C)C. The van der Waals surface area contributed by atoms with Crippen molar-refractivity contribution in [1.29, 1.82) is 0 Å². The first-order valence-electron chi connectivity index (χ1n) is 16.7. The Morgan fingerprint density at radius 2 is 1.46 bits per heavy atom. The minimum atomic E-state index is -0.649. The first-order chi connectivity index (χ1) is 22.2. The van der Waals surface area contributed by atoms with E-state index in [0.717, 1.165) is 53.6 Å². The molecule has 0 saturated heterocycles. The van der Waals surface area contributed by atoms with Crippen molar-refractivity contribution in [1.82, 2.24) is 25.8 Å². The zero-order chi connectivity index (χ0) is 32.9. The van der Waals surface area contributed by atoms with Gasteiger partial charge in [-0.1, -0.05) is 88.4 Å². The highest BCUT2D eigenvalue weighted by Crippen LogP contribution is 2.24. The van der Waals surface area contributed by atoms with E-state index in [4.69, 9.17) is 0 Å². The van der Waals surface area contributed by atoms with E-state index in [1.165, 1.54) is 0 Å². The predicted molar refractivity (Wildman–Crippen MR) is 188 cm³/mol. The Balaban J connectivity index is 1.42. The van der Waals surface area contributed by atoms with Gasteiger partial charge < -0.3 is 20.9 Å². The van der Waals surface area contributed by atoms with Crippen molar-refractivity contribution in [2.24, 2.45) is 11.8 Å². The second-order valence-corrected chi connectivity index (χ2v) is 13.1. The minimum Gasteiger partial charge on any atom is -0.348 e. The third kappa shape index (κ3) is 10.8. The molecule has 7 nitrogen and oxygen atoms in total. The van der Waals surface area contributed by atoms with Gasteiger partial charge >= 0.3 is 0 Å². The Labute approximate surface area is 275 Å². The van der Waals surface area contributed by atoms with Gasteiger partial charge in [0.15, 0.2) is 0 Å². The lowest BCUT2D eigenvalue weighted by molar-refractivity contribution is -0.123. The summed E-state index contributed by atoms with van der Waals surface area (Å²) in [6, 6.07) is 26.9. The largest absolute Gasteiger partial charge is 0.348 e. The van der Waals surface area contributed by atoms with E-state index in [9.17, 15) is 9.59 Å². The number of carbonyl (C=O) groups excluding carboxylic acids is 2. The molecule has 4 aromatic rings. The van der Waals surface area contributed by atoms with Gasteiger partial charge in [-0.3, -0.25) is 14.6 Å². The van der Waals surface area contributed by atoms with E-state index in [1.807, 2.05) is 67.6 Å². The molecule has 0 spiro atoms. The second kappa shape index (κ2) is 17.6. The monoisotopic (exact) mass is 621 g/mol. The number of pyridine rings is 1. The van der Waals surface area contributed by atoms with Gasteiger partial charge in [-0.05, 0) is 84.3 Å². The fraction of sp³-hybridized carbons (Fsp3) is 0.410. The van der Waals surface area contributed by atoms with E-state index in [2.05, 4.69) is 77.8 Å². The molecule has 7 heteroatoms. The number of hydrogen-bond acceptors (Lipinski definition) is 5. The number of nitrogens with zero attached hydrogens (tertiary/aromatic N) is 2. The molecule has 3 N–H and O–H groups in total. The van der Waals surface area contributed by atoms with Gasteiger partial charge in [0.05, 0.1) is 11.7 Å². The van der Waals surface area contributed by atoms with Crippen molar-refractivity contribution in [2.45, 2.75) is 72.6 Å². The predicted octanol–water partition coefficient (Wildman–Crippen LogP) is 6.89. The third-order valence-electron chi connectivity index (χ3n) is 8.06. The quantitative estimate of drug-likeness (QED) is 0.120. The fourth-order valence-electron chi connectivity index (χ4n) is 5.95. The van der Waals surface area contributed by atoms with Crippen LogP contribution in [0.15, 0.2) is 91.1 Å². The van der Waals surface area contributed by atoms with E-state index in [0.29, 0.717) is 36.9 Å². The normalized spacial score (nSPS) is 12.9. The first-order valence-corrected chi connectivity index (χ1v) is 16.7. The lowest BCUT2D eigenvalue weighted by Gasteiger charge is -2.27. The average molecular weight is 622 g/mol. The lowest BCUT2D eigenvalue weighted by atomic mass is 9.99. The number of aromatic nitrogens is 1. The molecular formula is C39H51N5O2. The smallest absolute Gasteiger partial charge is 0.251 e. The molecule has 3 aromatic carbocycles. The van der Waals surface area contributed by atoms with Crippen LogP contribution in [0.25, 0.3) is 10.8 Å². The zero-order valence-electron chi connectivity index (χ0n) is 28.1. The maximum Gasteiger partial charge on any atom is 0.251 e. The van der Waals surface area contributed by atoms with Crippen LogP contribution in [0, 0.1) is 11.8 Å². The molecule has 1 unspecified atom stereocenters. The van der Waals surface area contributed by atoms with Gasteiger partial charge in [0, 0.05) is 37.9 Å². The van der Waals surface area contributed by atoms with Crippen LogP contribution in [-0.4, -0.2) is 47.4 Å². The summed E-state index contributed by atoms with van der Waals surface area (Å²) in [5, 5.41) is 11.9. The number of amides is 2. The minimum absolute atomic E-state index is 0.164. The number of fused-ring (bicyclic) bond motifs is 1. The topological polar surface area (TPSA) is 86.4 Å². The molecular weight excluding hydrogens is 570 g/mol. The standard InChI is InChI=1S/C39H51N5O2/c1-28(2)26-44(27-29(3)4)23-11-17-37(39(46)42-30(5)35-16-10-13-32-12-6-7-15-36(32)35)43-38(45)33-20-18-31(19-21-33)24-40-25-34-14-8-9-22-41-34/h6-10,12-16,18-22,28-30,37,40H,11,17,23-27H2,1-5H3,(H,42,46)(H,43,45)/t30?,37-/m0/s1. The number of carbonyl (C=O) groups is 2. The summed E-state index contributed by atoms with van der Waals surface area (Å²) in [4.78, 5) is 34.1. The molecule has 1 aromatic heterocycles.